The average molecular weight is 305 g/mol. The minimum absolute atomic E-state index is 0.0412. The van der Waals surface area contributed by atoms with Crippen molar-refractivity contribution >= 4 is 35.1 Å². The summed E-state index contributed by atoms with van der Waals surface area (Å²) in [7, 11) is 0. The molecule has 0 fully saturated rings. The highest BCUT2D eigenvalue weighted by atomic mass is 32.2. The molecule has 0 saturated heterocycles. The molecule has 0 unspecified atom stereocenters. The van der Waals surface area contributed by atoms with Gasteiger partial charge >= 0.3 is 12.0 Å². The second kappa shape index (κ2) is 6.36. The molecule has 2 rings (SSSR count). The smallest absolute Gasteiger partial charge is 0.354 e. The number of H-pyrrole nitrogens is 1. The van der Waals surface area contributed by atoms with E-state index in [1.807, 2.05) is 24.5 Å². The number of nitrogens with one attached hydrogen (secondary N) is 3. The van der Waals surface area contributed by atoms with E-state index in [2.05, 4.69) is 15.6 Å². The minimum atomic E-state index is -1.12. The Balaban J connectivity index is 2.09. The van der Waals surface area contributed by atoms with Gasteiger partial charge in [0.15, 0.2) is 0 Å². The molecule has 1 heterocycles. The van der Waals surface area contributed by atoms with Crippen LogP contribution in [0.4, 0.5) is 16.2 Å². The van der Waals surface area contributed by atoms with Gasteiger partial charge in [-0.05, 0) is 37.4 Å². The number of aromatic carboxylic acids is 1. The highest BCUT2D eigenvalue weighted by molar-refractivity contribution is 7.98. The van der Waals surface area contributed by atoms with E-state index in [0.717, 1.165) is 4.90 Å². The number of aromatic nitrogens is 1. The SMILES string of the molecule is CSc1cccc(NC(=O)Nc2cc(C)[nH]c2C(=O)O)c1. The predicted molar refractivity (Wildman–Crippen MR) is 83.4 cm³/mol. The van der Waals surface area contributed by atoms with Crippen LogP contribution < -0.4 is 10.6 Å². The van der Waals surface area contributed by atoms with Crippen LogP contribution in [0.5, 0.6) is 0 Å². The Morgan fingerprint density at radius 2 is 2.00 bits per heavy atom. The van der Waals surface area contributed by atoms with Crippen LogP contribution in [0.2, 0.25) is 0 Å². The largest absolute Gasteiger partial charge is 0.477 e. The first-order chi connectivity index (χ1) is 9.99. The number of carbonyl (C=O) groups excluding carboxylic acids is 1. The lowest BCUT2D eigenvalue weighted by Gasteiger charge is -2.08. The molecule has 0 aliphatic carbocycles. The molecule has 0 atom stereocenters. The molecule has 6 nitrogen and oxygen atoms in total. The number of urea groups is 1. The monoisotopic (exact) mass is 305 g/mol. The van der Waals surface area contributed by atoms with E-state index in [9.17, 15) is 9.59 Å². The van der Waals surface area contributed by atoms with E-state index in [1.165, 1.54) is 0 Å². The summed E-state index contributed by atoms with van der Waals surface area (Å²) in [6, 6.07) is 8.46. The van der Waals surface area contributed by atoms with Gasteiger partial charge in [0.25, 0.3) is 0 Å². The second-order valence-corrected chi connectivity index (χ2v) is 5.24. The lowest BCUT2D eigenvalue weighted by molar-refractivity contribution is 0.0692. The first-order valence-corrected chi connectivity index (χ1v) is 7.37. The van der Waals surface area contributed by atoms with Crippen LogP contribution in [0, 0.1) is 6.92 Å². The number of thioether (sulfide) groups is 1. The quantitative estimate of drug-likeness (QED) is 0.651. The number of hydrogen-bond donors (Lipinski definition) is 4. The number of carboxylic acids is 1. The van der Waals surface area contributed by atoms with E-state index in [-0.39, 0.29) is 11.4 Å². The molecule has 0 aliphatic heterocycles. The summed E-state index contributed by atoms with van der Waals surface area (Å²) >= 11 is 1.57. The zero-order valence-electron chi connectivity index (χ0n) is 11.6. The van der Waals surface area contributed by atoms with Gasteiger partial charge in [-0.3, -0.25) is 0 Å². The number of anilines is 2. The third-order valence-corrected chi connectivity index (χ3v) is 3.47. The minimum Gasteiger partial charge on any atom is -0.477 e. The summed E-state index contributed by atoms with van der Waals surface area (Å²) < 4.78 is 0. The lowest BCUT2D eigenvalue weighted by Crippen LogP contribution is -2.20. The van der Waals surface area contributed by atoms with E-state index < -0.39 is 12.0 Å². The number of aryl methyl sites for hydroxylation is 1. The molecule has 0 spiro atoms. The van der Waals surface area contributed by atoms with Crippen molar-refractivity contribution < 1.29 is 14.7 Å². The molecule has 0 saturated carbocycles. The van der Waals surface area contributed by atoms with E-state index in [4.69, 9.17) is 5.11 Å². The van der Waals surface area contributed by atoms with E-state index in [1.54, 1.807) is 30.8 Å². The van der Waals surface area contributed by atoms with Crippen molar-refractivity contribution in [2.45, 2.75) is 11.8 Å². The number of carboxylic acid groups (broad SMARTS) is 1. The van der Waals surface area contributed by atoms with Crippen LogP contribution in [0.25, 0.3) is 0 Å². The number of rotatable bonds is 4. The molecule has 2 amide bonds. The van der Waals surface area contributed by atoms with Crippen molar-refractivity contribution in [1.29, 1.82) is 0 Å². The Hall–Kier alpha value is -2.41. The normalized spacial score (nSPS) is 10.2. The maximum atomic E-state index is 11.9. The summed E-state index contributed by atoms with van der Waals surface area (Å²) in [6.45, 7) is 1.72. The molecule has 2 aromatic rings. The van der Waals surface area contributed by atoms with Gasteiger partial charge in [0, 0.05) is 16.3 Å². The topological polar surface area (TPSA) is 94.2 Å². The summed E-state index contributed by atoms with van der Waals surface area (Å²) in [5, 5.41) is 14.2. The zero-order valence-corrected chi connectivity index (χ0v) is 12.4. The van der Waals surface area contributed by atoms with Crippen LogP contribution in [0.3, 0.4) is 0 Å². The highest BCUT2D eigenvalue weighted by Gasteiger charge is 2.15. The van der Waals surface area contributed by atoms with Crippen molar-refractivity contribution in [2.24, 2.45) is 0 Å². The fraction of sp³-hybridized carbons (Fsp3) is 0.143. The van der Waals surface area contributed by atoms with Gasteiger partial charge in [-0.25, -0.2) is 9.59 Å². The summed E-state index contributed by atoms with van der Waals surface area (Å²) in [4.78, 5) is 26.7. The number of aromatic amines is 1. The van der Waals surface area contributed by atoms with E-state index >= 15 is 0 Å². The molecular formula is C14H15N3O3S. The standard InChI is InChI=1S/C14H15N3O3S/c1-8-6-11(12(15-8)13(18)19)17-14(20)16-9-4-3-5-10(7-9)21-2/h3-7,15H,1-2H3,(H,18,19)(H2,16,17,20). The summed E-state index contributed by atoms with van der Waals surface area (Å²) in [6.07, 6.45) is 1.95. The van der Waals surface area contributed by atoms with Crippen molar-refractivity contribution in [1.82, 2.24) is 4.98 Å². The fourth-order valence-electron chi connectivity index (χ4n) is 1.84. The Morgan fingerprint density at radius 1 is 1.24 bits per heavy atom. The fourth-order valence-corrected chi connectivity index (χ4v) is 2.30. The molecule has 1 aromatic heterocycles. The first-order valence-electron chi connectivity index (χ1n) is 6.14. The van der Waals surface area contributed by atoms with Crippen molar-refractivity contribution in [3.63, 3.8) is 0 Å². The van der Waals surface area contributed by atoms with E-state index in [0.29, 0.717) is 11.4 Å². The van der Waals surface area contributed by atoms with Gasteiger partial charge in [0.1, 0.15) is 5.69 Å². The number of hydrogen-bond acceptors (Lipinski definition) is 3. The number of benzene rings is 1. The van der Waals surface area contributed by atoms with Crippen molar-refractivity contribution in [3.8, 4) is 0 Å². The molecular weight excluding hydrogens is 290 g/mol. The van der Waals surface area contributed by atoms with Crippen molar-refractivity contribution in [2.75, 3.05) is 16.9 Å². The lowest BCUT2D eigenvalue weighted by atomic mass is 10.3. The first kappa shape index (κ1) is 15.0. The third-order valence-electron chi connectivity index (χ3n) is 2.74. The highest BCUT2D eigenvalue weighted by Crippen LogP contribution is 2.20. The van der Waals surface area contributed by atoms with Crippen molar-refractivity contribution in [3.05, 3.63) is 41.7 Å². The molecule has 0 radical (unpaired) electrons. The Bertz CT molecular complexity index is 682. The Kier molecular flexibility index (Phi) is 4.54. The van der Waals surface area contributed by atoms with Crippen LogP contribution in [-0.4, -0.2) is 28.3 Å². The molecule has 0 bridgehead atoms. The van der Waals surface area contributed by atoms with Crippen LogP contribution in [0.15, 0.2) is 35.2 Å². The molecule has 1 aromatic carbocycles. The summed E-state index contributed by atoms with van der Waals surface area (Å²) in [5.74, 6) is -1.12. The predicted octanol–water partition coefficient (Wildman–Crippen LogP) is 3.39. The average Bonchev–Trinajstić information content (AvgIpc) is 2.79. The van der Waals surface area contributed by atoms with Gasteiger partial charge < -0.3 is 20.7 Å². The molecule has 0 aliphatic rings. The van der Waals surface area contributed by atoms with Gasteiger partial charge in [0.2, 0.25) is 0 Å². The van der Waals surface area contributed by atoms with Gasteiger partial charge in [0.05, 0.1) is 5.69 Å². The Morgan fingerprint density at radius 3 is 2.67 bits per heavy atom. The molecule has 7 heteroatoms. The van der Waals surface area contributed by atoms with Crippen LogP contribution in [0.1, 0.15) is 16.2 Å². The van der Waals surface area contributed by atoms with Crippen LogP contribution in [-0.2, 0) is 0 Å². The molecule has 21 heavy (non-hydrogen) atoms. The second-order valence-electron chi connectivity index (χ2n) is 4.36. The summed E-state index contributed by atoms with van der Waals surface area (Å²) in [5.41, 5.74) is 1.49. The van der Waals surface area contributed by atoms with Gasteiger partial charge in [-0.2, -0.15) is 0 Å². The van der Waals surface area contributed by atoms with Gasteiger partial charge in [-0.1, -0.05) is 6.07 Å². The Labute approximate surface area is 125 Å². The molecule has 4 N–H and O–H groups in total. The number of amides is 2. The maximum absolute atomic E-state index is 11.9. The zero-order chi connectivity index (χ0) is 15.4. The maximum Gasteiger partial charge on any atom is 0.354 e. The number of carbonyl (C=O) groups is 2. The van der Waals surface area contributed by atoms with Gasteiger partial charge in [-0.15, -0.1) is 11.8 Å². The molecule has 110 valence electrons. The third kappa shape index (κ3) is 3.79. The van der Waals surface area contributed by atoms with Crippen LogP contribution >= 0.6 is 11.8 Å².